The third-order valence-corrected chi connectivity index (χ3v) is 5.00. The van der Waals surface area contributed by atoms with Gasteiger partial charge >= 0.3 is 0 Å². The molecule has 0 aliphatic rings. The first kappa shape index (κ1) is 22.0. The number of carbonyl (C=O) groups is 2. The minimum Gasteiger partial charge on any atom is -0.441 e. The molecule has 2 amide bonds. The average Bonchev–Trinajstić information content (AvgIpc) is 3.31. The number of hydrogen-bond acceptors (Lipinski definition) is 4. The highest BCUT2D eigenvalue weighted by molar-refractivity contribution is 6.03. The minimum absolute atomic E-state index is 0.0944. The van der Waals surface area contributed by atoms with Crippen LogP contribution >= 0.6 is 0 Å². The number of anilines is 1. The Morgan fingerprint density at radius 1 is 0.909 bits per heavy atom. The second-order valence-electron chi connectivity index (χ2n) is 7.36. The Hall–Kier alpha value is -4.26. The summed E-state index contributed by atoms with van der Waals surface area (Å²) in [6.45, 7) is 0.385. The summed E-state index contributed by atoms with van der Waals surface area (Å²) in [5, 5.41) is 5.64. The van der Waals surface area contributed by atoms with Gasteiger partial charge in [-0.3, -0.25) is 9.59 Å². The molecule has 33 heavy (non-hydrogen) atoms. The van der Waals surface area contributed by atoms with E-state index in [-0.39, 0.29) is 24.7 Å². The Balaban J connectivity index is 1.34. The lowest BCUT2D eigenvalue weighted by Crippen LogP contribution is -2.24. The molecule has 4 rings (SSSR count). The fourth-order valence-electron chi connectivity index (χ4n) is 3.31. The standard InChI is InChI=1S/C26H22FN3O3/c27-21-12-6-4-10-19(21)23-17-28-25(33-23)15-14-24(31)30-22-13-7-5-11-20(22)26(32)29-16-18-8-2-1-3-9-18/h1-13,17H,14-16H2,(H,29,32)(H,30,31). The number of hydrogen-bond donors (Lipinski definition) is 2. The van der Waals surface area contributed by atoms with Gasteiger partial charge in [0.2, 0.25) is 5.91 Å². The first-order chi connectivity index (χ1) is 16.1. The lowest BCUT2D eigenvalue weighted by molar-refractivity contribution is -0.116. The van der Waals surface area contributed by atoms with Crippen molar-refractivity contribution in [2.45, 2.75) is 19.4 Å². The normalized spacial score (nSPS) is 10.6. The molecule has 0 aliphatic carbocycles. The summed E-state index contributed by atoms with van der Waals surface area (Å²) in [7, 11) is 0. The Kier molecular flexibility index (Phi) is 6.90. The number of benzene rings is 3. The predicted molar refractivity (Wildman–Crippen MR) is 123 cm³/mol. The lowest BCUT2D eigenvalue weighted by atomic mass is 10.1. The molecular formula is C26H22FN3O3. The van der Waals surface area contributed by atoms with E-state index in [0.717, 1.165) is 5.56 Å². The maximum atomic E-state index is 13.9. The zero-order chi connectivity index (χ0) is 23.0. The molecule has 0 spiro atoms. The Labute approximate surface area is 190 Å². The van der Waals surface area contributed by atoms with Gasteiger partial charge in [0.05, 0.1) is 23.0 Å². The van der Waals surface area contributed by atoms with Crippen LogP contribution in [0.5, 0.6) is 0 Å². The molecular weight excluding hydrogens is 421 g/mol. The van der Waals surface area contributed by atoms with Crippen molar-refractivity contribution in [1.29, 1.82) is 0 Å². The number of halogens is 1. The number of aryl methyl sites for hydroxylation is 1. The summed E-state index contributed by atoms with van der Waals surface area (Å²) in [6.07, 6.45) is 1.78. The van der Waals surface area contributed by atoms with Crippen LogP contribution in [0.3, 0.4) is 0 Å². The second kappa shape index (κ2) is 10.4. The van der Waals surface area contributed by atoms with E-state index in [1.165, 1.54) is 12.3 Å². The van der Waals surface area contributed by atoms with E-state index >= 15 is 0 Å². The fourth-order valence-corrected chi connectivity index (χ4v) is 3.31. The number of rotatable bonds is 8. The topological polar surface area (TPSA) is 84.2 Å². The number of amides is 2. The van der Waals surface area contributed by atoms with Crippen LogP contribution in [0, 0.1) is 5.82 Å². The molecule has 0 aliphatic heterocycles. The van der Waals surface area contributed by atoms with Crippen LogP contribution < -0.4 is 10.6 Å². The van der Waals surface area contributed by atoms with E-state index in [4.69, 9.17) is 4.42 Å². The molecule has 4 aromatic rings. The molecule has 1 aromatic heterocycles. The van der Waals surface area contributed by atoms with Crippen molar-refractivity contribution >= 4 is 17.5 Å². The molecule has 0 unspecified atom stereocenters. The van der Waals surface area contributed by atoms with Crippen LogP contribution in [-0.2, 0) is 17.8 Å². The SMILES string of the molecule is O=C(CCc1ncc(-c2ccccc2F)o1)Nc1ccccc1C(=O)NCc1ccccc1. The molecule has 0 saturated heterocycles. The highest BCUT2D eigenvalue weighted by Crippen LogP contribution is 2.24. The monoisotopic (exact) mass is 443 g/mol. The zero-order valence-electron chi connectivity index (χ0n) is 17.8. The van der Waals surface area contributed by atoms with Crippen molar-refractivity contribution in [1.82, 2.24) is 10.3 Å². The van der Waals surface area contributed by atoms with Gasteiger partial charge in [0.15, 0.2) is 11.7 Å². The highest BCUT2D eigenvalue weighted by Gasteiger charge is 2.15. The number of para-hydroxylation sites is 1. The van der Waals surface area contributed by atoms with Crippen molar-refractivity contribution in [2.75, 3.05) is 5.32 Å². The minimum atomic E-state index is -0.403. The third-order valence-electron chi connectivity index (χ3n) is 5.00. The van der Waals surface area contributed by atoms with Gasteiger partial charge in [0.1, 0.15) is 5.82 Å². The first-order valence-corrected chi connectivity index (χ1v) is 10.5. The molecule has 1 heterocycles. The summed E-state index contributed by atoms with van der Waals surface area (Å²) in [4.78, 5) is 29.3. The molecule has 0 atom stereocenters. The largest absolute Gasteiger partial charge is 0.441 e. The number of nitrogens with one attached hydrogen (secondary N) is 2. The zero-order valence-corrected chi connectivity index (χ0v) is 17.8. The quantitative estimate of drug-likeness (QED) is 0.402. The van der Waals surface area contributed by atoms with Crippen LogP contribution in [0.1, 0.15) is 28.2 Å². The van der Waals surface area contributed by atoms with Gasteiger partial charge in [0.25, 0.3) is 5.91 Å². The van der Waals surface area contributed by atoms with Crippen LogP contribution in [0.25, 0.3) is 11.3 Å². The van der Waals surface area contributed by atoms with Crippen LogP contribution in [0.2, 0.25) is 0 Å². The lowest BCUT2D eigenvalue weighted by Gasteiger charge is -2.11. The summed E-state index contributed by atoms with van der Waals surface area (Å²) in [6, 6.07) is 22.7. The van der Waals surface area contributed by atoms with Gasteiger partial charge < -0.3 is 15.1 Å². The van der Waals surface area contributed by atoms with Gasteiger partial charge in [-0.15, -0.1) is 0 Å². The van der Waals surface area contributed by atoms with Gasteiger partial charge in [-0.25, -0.2) is 9.37 Å². The molecule has 0 bridgehead atoms. The van der Waals surface area contributed by atoms with Crippen LogP contribution in [0.4, 0.5) is 10.1 Å². The number of aromatic nitrogens is 1. The molecule has 7 heteroatoms. The van der Waals surface area contributed by atoms with Crippen molar-refractivity contribution in [3.63, 3.8) is 0 Å². The average molecular weight is 443 g/mol. The smallest absolute Gasteiger partial charge is 0.253 e. The molecule has 0 fully saturated rings. The van der Waals surface area contributed by atoms with E-state index < -0.39 is 5.82 Å². The van der Waals surface area contributed by atoms with Crippen LogP contribution in [0.15, 0.2) is 89.5 Å². The van der Waals surface area contributed by atoms with E-state index in [1.807, 2.05) is 30.3 Å². The summed E-state index contributed by atoms with van der Waals surface area (Å²) < 4.78 is 19.5. The predicted octanol–water partition coefficient (Wildman–Crippen LogP) is 4.98. The maximum Gasteiger partial charge on any atom is 0.253 e. The van der Waals surface area contributed by atoms with Crippen molar-refractivity contribution in [3.05, 3.63) is 108 Å². The van der Waals surface area contributed by atoms with E-state index in [0.29, 0.717) is 35.0 Å². The second-order valence-corrected chi connectivity index (χ2v) is 7.36. The summed E-state index contributed by atoms with van der Waals surface area (Å²) in [5.41, 5.74) is 2.09. The number of carbonyl (C=O) groups excluding carboxylic acids is 2. The Morgan fingerprint density at radius 2 is 1.64 bits per heavy atom. The van der Waals surface area contributed by atoms with Crippen molar-refractivity contribution < 1.29 is 18.4 Å². The molecule has 6 nitrogen and oxygen atoms in total. The van der Waals surface area contributed by atoms with Gasteiger partial charge in [-0.05, 0) is 29.8 Å². The van der Waals surface area contributed by atoms with Crippen molar-refractivity contribution in [3.8, 4) is 11.3 Å². The first-order valence-electron chi connectivity index (χ1n) is 10.5. The van der Waals surface area contributed by atoms with Gasteiger partial charge in [-0.2, -0.15) is 0 Å². The van der Waals surface area contributed by atoms with Crippen LogP contribution in [-0.4, -0.2) is 16.8 Å². The van der Waals surface area contributed by atoms with E-state index in [9.17, 15) is 14.0 Å². The summed E-state index contributed by atoms with van der Waals surface area (Å²) >= 11 is 0. The molecule has 0 radical (unpaired) electrons. The Morgan fingerprint density at radius 3 is 2.45 bits per heavy atom. The molecule has 0 saturated carbocycles. The number of nitrogens with zero attached hydrogens (tertiary/aromatic N) is 1. The Bertz CT molecular complexity index is 1250. The molecule has 166 valence electrons. The molecule has 3 aromatic carbocycles. The third kappa shape index (κ3) is 5.71. The van der Waals surface area contributed by atoms with E-state index in [2.05, 4.69) is 15.6 Å². The fraction of sp³-hybridized carbons (Fsp3) is 0.115. The van der Waals surface area contributed by atoms with Gasteiger partial charge in [-0.1, -0.05) is 54.6 Å². The van der Waals surface area contributed by atoms with Crippen molar-refractivity contribution in [2.24, 2.45) is 0 Å². The van der Waals surface area contributed by atoms with E-state index in [1.54, 1.807) is 42.5 Å². The number of oxazole rings is 1. The maximum absolute atomic E-state index is 13.9. The van der Waals surface area contributed by atoms with Gasteiger partial charge in [0, 0.05) is 19.4 Å². The molecule has 2 N–H and O–H groups in total. The summed E-state index contributed by atoms with van der Waals surface area (Å²) in [5.74, 6) is -0.331. The highest BCUT2D eigenvalue weighted by atomic mass is 19.1.